The summed E-state index contributed by atoms with van der Waals surface area (Å²) in [6, 6.07) is 17.1. The molecule has 2 amide bonds. The van der Waals surface area contributed by atoms with Crippen molar-refractivity contribution in [3.63, 3.8) is 0 Å². The van der Waals surface area contributed by atoms with Crippen molar-refractivity contribution in [2.45, 2.75) is 13.5 Å². The zero-order chi connectivity index (χ0) is 18.2. The number of rotatable bonds is 7. The van der Waals surface area contributed by atoms with Crippen LogP contribution in [0.5, 0.6) is 5.75 Å². The summed E-state index contributed by atoms with van der Waals surface area (Å²) in [6.45, 7) is 3.58. The van der Waals surface area contributed by atoms with Crippen molar-refractivity contribution in [1.82, 2.24) is 15.1 Å². The first kappa shape index (κ1) is 17.5. The lowest BCUT2D eigenvalue weighted by molar-refractivity contribution is 0.247. The Morgan fingerprint density at radius 2 is 1.88 bits per heavy atom. The topological polar surface area (TPSA) is 68.2 Å². The fraction of sp³-hybridized carbons (Fsp3) is 0.200. The average molecular weight is 350 g/mol. The number of amides is 2. The second-order valence-electron chi connectivity index (χ2n) is 5.94. The molecule has 1 aromatic heterocycles. The molecule has 0 saturated carbocycles. The molecule has 0 aliphatic carbocycles. The third kappa shape index (κ3) is 5.37. The van der Waals surface area contributed by atoms with E-state index in [0.29, 0.717) is 19.7 Å². The number of ether oxygens (including phenoxy) is 1. The van der Waals surface area contributed by atoms with E-state index in [4.69, 9.17) is 4.74 Å². The highest BCUT2D eigenvalue weighted by molar-refractivity contribution is 5.89. The van der Waals surface area contributed by atoms with Gasteiger partial charge in [0.05, 0.1) is 13.1 Å². The Morgan fingerprint density at radius 3 is 2.58 bits per heavy atom. The number of urea groups is 1. The molecule has 0 aliphatic rings. The summed E-state index contributed by atoms with van der Waals surface area (Å²) in [5, 5.41) is 9.76. The second-order valence-corrected chi connectivity index (χ2v) is 5.94. The van der Waals surface area contributed by atoms with Gasteiger partial charge in [0.2, 0.25) is 0 Å². The van der Waals surface area contributed by atoms with Crippen LogP contribution in [0, 0.1) is 6.92 Å². The summed E-state index contributed by atoms with van der Waals surface area (Å²) in [7, 11) is 0. The number of aromatic nitrogens is 2. The largest absolute Gasteiger partial charge is 0.492 e. The van der Waals surface area contributed by atoms with E-state index in [1.165, 1.54) is 5.56 Å². The van der Waals surface area contributed by atoms with E-state index in [2.05, 4.69) is 15.7 Å². The van der Waals surface area contributed by atoms with Crippen molar-refractivity contribution in [1.29, 1.82) is 0 Å². The quantitative estimate of drug-likeness (QED) is 0.642. The molecule has 0 radical (unpaired) electrons. The van der Waals surface area contributed by atoms with E-state index in [9.17, 15) is 4.79 Å². The highest BCUT2D eigenvalue weighted by atomic mass is 16.5. The number of carbonyl (C=O) groups excluding carboxylic acids is 1. The van der Waals surface area contributed by atoms with Gasteiger partial charge in [-0.3, -0.25) is 4.68 Å². The molecule has 3 rings (SSSR count). The van der Waals surface area contributed by atoms with Crippen molar-refractivity contribution in [2.24, 2.45) is 0 Å². The van der Waals surface area contributed by atoms with Gasteiger partial charge >= 0.3 is 6.03 Å². The van der Waals surface area contributed by atoms with Gasteiger partial charge in [-0.25, -0.2) is 4.79 Å². The van der Waals surface area contributed by atoms with Gasteiger partial charge in [-0.05, 0) is 42.8 Å². The normalized spacial score (nSPS) is 10.3. The molecule has 6 nitrogen and oxygen atoms in total. The van der Waals surface area contributed by atoms with Crippen LogP contribution in [0.15, 0.2) is 67.0 Å². The summed E-state index contributed by atoms with van der Waals surface area (Å²) < 4.78 is 7.43. The van der Waals surface area contributed by atoms with Crippen LogP contribution in [0.4, 0.5) is 10.5 Å². The summed E-state index contributed by atoms with van der Waals surface area (Å²) in [6.07, 6.45) is 3.67. The van der Waals surface area contributed by atoms with Gasteiger partial charge in [-0.15, -0.1) is 0 Å². The van der Waals surface area contributed by atoms with Crippen LogP contribution in [0.25, 0.3) is 0 Å². The number of aryl methyl sites for hydroxylation is 1. The van der Waals surface area contributed by atoms with Gasteiger partial charge in [0.25, 0.3) is 0 Å². The van der Waals surface area contributed by atoms with Crippen molar-refractivity contribution < 1.29 is 9.53 Å². The van der Waals surface area contributed by atoms with Crippen molar-refractivity contribution in [2.75, 3.05) is 18.5 Å². The molecule has 0 unspecified atom stereocenters. The van der Waals surface area contributed by atoms with Crippen molar-refractivity contribution in [3.05, 3.63) is 78.1 Å². The van der Waals surface area contributed by atoms with Crippen LogP contribution in [0.3, 0.4) is 0 Å². The van der Waals surface area contributed by atoms with E-state index in [1.54, 1.807) is 6.20 Å². The molecule has 0 fully saturated rings. The fourth-order valence-electron chi connectivity index (χ4n) is 2.42. The molecule has 6 heteroatoms. The van der Waals surface area contributed by atoms with Gasteiger partial charge in [0.1, 0.15) is 12.4 Å². The fourth-order valence-corrected chi connectivity index (χ4v) is 2.42. The van der Waals surface area contributed by atoms with Gasteiger partial charge in [0.15, 0.2) is 0 Å². The minimum atomic E-state index is -0.252. The number of benzene rings is 2. The average Bonchev–Trinajstić information content (AvgIpc) is 3.15. The molecule has 1 heterocycles. The van der Waals surface area contributed by atoms with Gasteiger partial charge in [-0.2, -0.15) is 5.10 Å². The number of anilines is 1. The van der Waals surface area contributed by atoms with Crippen LogP contribution >= 0.6 is 0 Å². The third-order valence-corrected chi connectivity index (χ3v) is 3.79. The van der Waals surface area contributed by atoms with Gasteiger partial charge in [0, 0.05) is 18.1 Å². The van der Waals surface area contributed by atoms with Crippen LogP contribution < -0.4 is 15.4 Å². The number of carbonyl (C=O) groups is 1. The molecule has 0 atom stereocenters. The summed E-state index contributed by atoms with van der Waals surface area (Å²) >= 11 is 0. The molecule has 0 aliphatic heterocycles. The lowest BCUT2D eigenvalue weighted by Gasteiger charge is -2.10. The lowest BCUT2D eigenvalue weighted by atomic mass is 10.2. The number of nitrogens with zero attached hydrogens (tertiary/aromatic N) is 2. The molecule has 2 aromatic carbocycles. The number of hydrogen-bond acceptors (Lipinski definition) is 3. The molecular weight excluding hydrogens is 328 g/mol. The van der Waals surface area contributed by atoms with E-state index in [0.717, 1.165) is 17.0 Å². The summed E-state index contributed by atoms with van der Waals surface area (Å²) in [5.74, 6) is 0.797. The maximum atomic E-state index is 11.9. The first-order chi connectivity index (χ1) is 12.7. The Morgan fingerprint density at radius 1 is 1.12 bits per heavy atom. The first-order valence-electron chi connectivity index (χ1n) is 8.50. The Kier molecular flexibility index (Phi) is 5.88. The monoisotopic (exact) mass is 350 g/mol. The summed E-state index contributed by atoms with van der Waals surface area (Å²) in [4.78, 5) is 11.9. The van der Waals surface area contributed by atoms with Gasteiger partial charge < -0.3 is 15.4 Å². The summed E-state index contributed by atoms with van der Waals surface area (Å²) in [5.41, 5.74) is 3.04. The van der Waals surface area contributed by atoms with E-state index < -0.39 is 0 Å². The highest BCUT2D eigenvalue weighted by Gasteiger charge is 2.02. The molecular formula is C20H22N4O2. The van der Waals surface area contributed by atoms with Crippen LogP contribution in [-0.4, -0.2) is 29.0 Å². The standard InChI is InChI=1S/C20H22N4O2/c1-16-3-9-19(10-4-16)26-14-12-21-20(25)23-18-7-5-17(6-8-18)15-24-13-2-11-22-24/h2-11,13H,12,14-15H2,1H3,(H2,21,23,25). The predicted molar refractivity (Wildman–Crippen MR) is 101 cm³/mol. The SMILES string of the molecule is Cc1ccc(OCCNC(=O)Nc2ccc(Cn3cccn3)cc2)cc1. The van der Waals surface area contributed by atoms with Crippen LogP contribution in [-0.2, 0) is 6.54 Å². The Hall–Kier alpha value is -3.28. The van der Waals surface area contributed by atoms with Crippen LogP contribution in [0.2, 0.25) is 0 Å². The molecule has 134 valence electrons. The minimum Gasteiger partial charge on any atom is -0.492 e. The molecule has 0 bridgehead atoms. The van der Waals surface area contributed by atoms with E-state index >= 15 is 0 Å². The molecule has 26 heavy (non-hydrogen) atoms. The van der Waals surface area contributed by atoms with Gasteiger partial charge in [-0.1, -0.05) is 29.8 Å². The number of nitrogens with one attached hydrogen (secondary N) is 2. The lowest BCUT2D eigenvalue weighted by Crippen LogP contribution is -2.32. The maximum Gasteiger partial charge on any atom is 0.319 e. The predicted octanol–water partition coefficient (Wildman–Crippen LogP) is 3.44. The smallest absolute Gasteiger partial charge is 0.319 e. The van der Waals surface area contributed by atoms with Crippen molar-refractivity contribution in [3.8, 4) is 5.75 Å². The zero-order valence-electron chi connectivity index (χ0n) is 14.7. The minimum absolute atomic E-state index is 0.252. The maximum absolute atomic E-state index is 11.9. The van der Waals surface area contributed by atoms with Crippen LogP contribution in [0.1, 0.15) is 11.1 Å². The Labute approximate surface area is 152 Å². The number of hydrogen-bond donors (Lipinski definition) is 2. The molecule has 0 spiro atoms. The van der Waals surface area contributed by atoms with Crippen molar-refractivity contribution >= 4 is 11.7 Å². The van der Waals surface area contributed by atoms with E-state index in [1.807, 2.05) is 72.4 Å². The Bertz CT molecular complexity index is 812. The molecule has 0 saturated heterocycles. The first-order valence-corrected chi connectivity index (χ1v) is 8.50. The zero-order valence-corrected chi connectivity index (χ0v) is 14.7. The molecule has 3 aromatic rings. The van der Waals surface area contributed by atoms with E-state index in [-0.39, 0.29) is 6.03 Å². The third-order valence-electron chi connectivity index (χ3n) is 3.79. The second kappa shape index (κ2) is 8.71. The highest BCUT2D eigenvalue weighted by Crippen LogP contribution is 2.11. The molecule has 2 N–H and O–H groups in total. The Balaban J connectivity index is 1.38.